The lowest BCUT2D eigenvalue weighted by Crippen LogP contribution is -2.46. The zero-order chi connectivity index (χ0) is 20.9. The quantitative estimate of drug-likeness (QED) is 0.460. The minimum Gasteiger partial charge on any atom is -0.354 e. The van der Waals surface area contributed by atoms with Crippen LogP contribution >= 0.6 is 0 Å². The second kappa shape index (κ2) is 8.96. The normalized spacial score (nSPS) is 14.6. The van der Waals surface area contributed by atoms with Crippen LogP contribution in [0.5, 0.6) is 0 Å². The van der Waals surface area contributed by atoms with E-state index in [-0.39, 0.29) is 5.69 Å². The molecule has 0 radical (unpaired) electrons. The molecule has 0 N–H and O–H groups in total. The summed E-state index contributed by atoms with van der Waals surface area (Å²) >= 11 is 0. The lowest BCUT2D eigenvalue weighted by molar-refractivity contribution is -0.384. The smallest absolute Gasteiger partial charge is 0.269 e. The summed E-state index contributed by atoms with van der Waals surface area (Å²) in [5, 5.41) is 10.9. The van der Waals surface area contributed by atoms with Crippen LogP contribution < -0.4 is 4.90 Å². The Labute approximate surface area is 175 Å². The van der Waals surface area contributed by atoms with Crippen molar-refractivity contribution in [2.45, 2.75) is 19.9 Å². The molecule has 0 atom stereocenters. The molecule has 1 aromatic carbocycles. The van der Waals surface area contributed by atoms with Crippen molar-refractivity contribution in [1.29, 1.82) is 0 Å². The molecule has 3 heterocycles. The van der Waals surface area contributed by atoms with Crippen LogP contribution in [0, 0.1) is 10.1 Å². The van der Waals surface area contributed by atoms with Gasteiger partial charge in [-0.2, -0.15) is 0 Å². The Bertz CT molecular complexity index is 1000. The van der Waals surface area contributed by atoms with Gasteiger partial charge in [0.25, 0.3) is 5.69 Å². The number of nitrogens with zero attached hydrogens (tertiary/aromatic N) is 6. The van der Waals surface area contributed by atoms with Gasteiger partial charge in [-0.3, -0.25) is 20.0 Å². The molecule has 2 aromatic heterocycles. The van der Waals surface area contributed by atoms with Crippen molar-refractivity contribution in [3.8, 4) is 11.4 Å². The van der Waals surface area contributed by atoms with Gasteiger partial charge in [0.2, 0.25) is 0 Å². The summed E-state index contributed by atoms with van der Waals surface area (Å²) < 4.78 is 0. The van der Waals surface area contributed by atoms with Gasteiger partial charge in [0.1, 0.15) is 5.82 Å². The number of aromatic nitrogens is 3. The van der Waals surface area contributed by atoms with E-state index in [0.717, 1.165) is 61.9 Å². The number of nitro benzene ring substituents is 1. The van der Waals surface area contributed by atoms with Crippen molar-refractivity contribution in [3.63, 3.8) is 0 Å². The molecule has 3 aromatic rings. The zero-order valence-electron chi connectivity index (χ0n) is 16.9. The Morgan fingerprint density at radius 3 is 2.40 bits per heavy atom. The predicted molar refractivity (Wildman–Crippen MR) is 115 cm³/mol. The Balaban J connectivity index is 1.49. The summed E-state index contributed by atoms with van der Waals surface area (Å²) in [7, 11) is 0. The van der Waals surface area contributed by atoms with Gasteiger partial charge in [0.05, 0.1) is 10.6 Å². The van der Waals surface area contributed by atoms with Crippen LogP contribution in [-0.2, 0) is 13.0 Å². The number of anilines is 1. The highest BCUT2D eigenvalue weighted by atomic mass is 16.6. The molecule has 0 bridgehead atoms. The minimum absolute atomic E-state index is 0.0645. The summed E-state index contributed by atoms with van der Waals surface area (Å²) in [5.74, 6) is 1.52. The third-order valence-electron chi connectivity index (χ3n) is 5.27. The highest BCUT2D eigenvalue weighted by Crippen LogP contribution is 2.24. The van der Waals surface area contributed by atoms with E-state index in [0.29, 0.717) is 5.82 Å². The average Bonchev–Trinajstić information content (AvgIpc) is 2.80. The van der Waals surface area contributed by atoms with Crippen molar-refractivity contribution < 1.29 is 4.92 Å². The number of benzene rings is 1. The molecule has 1 aliphatic heterocycles. The number of rotatable bonds is 6. The Morgan fingerprint density at radius 1 is 1.00 bits per heavy atom. The van der Waals surface area contributed by atoms with Gasteiger partial charge in [-0.15, -0.1) is 0 Å². The van der Waals surface area contributed by atoms with Gasteiger partial charge in [0, 0.05) is 68.4 Å². The van der Waals surface area contributed by atoms with Crippen LogP contribution in [0.1, 0.15) is 18.3 Å². The van der Waals surface area contributed by atoms with Crippen LogP contribution in [0.4, 0.5) is 11.5 Å². The molecule has 1 fully saturated rings. The molecule has 8 heteroatoms. The van der Waals surface area contributed by atoms with Crippen molar-refractivity contribution >= 4 is 11.5 Å². The number of piperazine rings is 1. The van der Waals surface area contributed by atoms with Crippen LogP contribution in [0.25, 0.3) is 11.4 Å². The summed E-state index contributed by atoms with van der Waals surface area (Å²) in [4.78, 5) is 29.0. The topological polar surface area (TPSA) is 88.3 Å². The maximum Gasteiger partial charge on any atom is 0.269 e. The molecule has 0 saturated carbocycles. The molecule has 4 rings (SSSR count). The van der Waals surface area contributed by atoms with E-state index in [4.69, 9.17) is 4.98 Å². The lowest BCUT2D eigenvalue weighted by Gasteiger charge is -2.35. The van der Waals surface area contributed by atoms with Crippen LogP contribution in [0.2, 0.25) is 0 Å². The van der Waals surface area contributed by atoms with Crippen LogP contribution in [0.3, 0.4) is 0 Å². The first-order chi connectivity index (χ1) is 14.6. The maximum absolute atomic E-state index is 10.9. The molecule has 0 aliphatic carbocycles. The van der Waals surface area contributed by atoms with E-state index in [1.807, 2.05) is 24.4 Å². The predicted octanol–water partition coefficient (Wildman–Crippen LogP) is 3.33. The Morgan fingerprint density at radius 2 is 1.77 bits per heavy atom. The summed E-state index contributed by atoms with van der Waals surface area (Å²) in [6.45, 7) is 6.56. The lowest BCUT2D eigenvalue weighted by atomic mass is 10.2. The van der Waals surface area contributed by atoms with Crippen molar-refractivity contribution in [2.24, 2.45) is 0 Å². The van der Waals surface area contributed by atoms with E-state index < -0.39 is 4.92 Å². The second-order valence-corrected chi connectivity index (χ2v) is 7.28. The molecular formula is C22H24N6O2. The highest BCUT2D eigenvalue weighted by molar-refractivity contribution is 5.60. The number of nitro groups is 1. The number of hydrogen-bond acceptors (Lipinski definition) is 7. The molecule has 154 valence electrons. The fourth-order valence-electron chi connectivity index (χ4n) is 3.54. The average molecular weight is 404 g/mol. The van der Waals surface area contributed by atoms with Crippen LogP contribution in [-0.4, -0.2) is 51.0 Å². The standard InChI is InChI=1S/C22H24N6O2/c1-2-18-15-21(25-22(24-18)17-6-8-20(9-7-17)28(29)30)27-13-11-26(12-14-27)16-19-5-3-4-10-23-19/h3-10,15H,2,11-14,16H2,1H3. The number of non-ortho nitro benzene ring substituents is 1. The van der Waals surface area contributed by atoms with Gasteiger partial charge < -0.3 is 4.90 Å². The Hall–Kier alpha value is -3.39. The molecule has 1 saturated heterocycles. The largest absolute Gasteiger partial charge is 0.354 e. The van der Waals surface area contributed by atoms with Gasteiger partial charge >= 0.3 is 0 Å². The first-order valence-electron chi connectivity index (χ1n) is 10.1. The maximum atomic E-state index is 10.9. The number of pyridine rings is 1. The first-order valence-corrected chi connectivity index (χ1v) is 10.1. The minimum atomic E-state index is -0.400. The zero-order valence-corrected chi connectivity index (χ0v) is 16.9. The first kappa shape index (κ1) is 19.9. The van der Waals surface area contributed by atoms with E-state index in [9.17, 15) is 10.1 Å². The summed E-state index contributed by atoms with van der Waals surface area (Å²) in [6, 6.07) is 14.5. The van der Waals surface area contributed by atoms with Crippen LogP contribution in [0.15, 0.2) is 54.7 Å². The molecule has 0 amide bonds. The summed E-state index contributed by atoms with van der Waals surface area (Å²) in [5.41, 5.74) is 2.89. The molecule has 30 heavy (non-hydrogen) atoms. The molecule has 0 unspecified atom stereocenters. The molecule has 1 aliphatic rings. The fraction of sp³-hybridized carbons (Fsp3) is 0.318. The van der Waals surface area contributed by atoms with E-state index in [2.05, 4.69) is 32.8 Å². The van der Waals surface area contributed by atoms with E-state index >= 15 is 0 Å². The van der Waals surface area contributed by atoms with Gasteiger partial charge in [-0.25, -0.2) is 9.97 Å². The fourth-order valence-corrected chi connectivity index (χ4v) is 3.54. The number of aryl methyl sites for hydroxylation is 1. The SMILES string of the molecule is CCc1cc(N2CCN(Cc3ccccn3)CC2)nc(-c2ccc([N+](=O)[O-])cc2)n1. The highest BCUT2D eigenvalue weighted by Gasteiger charge is 2.20. The van der Waals surface area contributed by atoms with Crippen molar-refractivity contribution in [1.82, 2.24) is 19.9 Å². The van der Waals surface area contributed by atoms with Gasteiger partial charge in [-0.05, 0) is 30.7 Å². The molecule has 8 nitrogen and oxygen atoms in total. The van der Waals surface area contributed by atoms with Gasteiger partial charge in [0.15, 0.2) is 5.82 Å². The van der Waals surface area contributed by atoms with Crippen molar-refractivity contribution in [3.05, 3.63) is 76.2 Å². The second-order valence-electron chi connectivity index (χ2n) is 7.28. The monoisotopic (exact) mass is 404 g/mol. The third-order valence-corrected chi connectivity index (χ3v) is 5.27. The van der Waals surface area contributed by atoms with Crippen molar-refractivity contribution in [2.75, 3.05) is 31.1 Å². The Kier molecular flexibility index (Phi) is 5.94. The molecule has 0 spiro atoms. The van der Waals surface area contributed by atoms with Gasteiger partial charge in [-0.1, -0.05) is 13.0 Å². The summed E-state index contributed by atoms with van der Waals surface area (Å²) in [6.07, 6.45) is 2.63. The molecular weight excluding hydrogens is 380 g/mol. The number of hydrogen-bond donors (Lipinski definition) is 0. The van der Waals surface area contributed by atoms with E-state index in [1.54, 1.807) is 12.1 Å². The van der Waals surface area contributed by atoms with E-state index in [1.165, 1.54) is 12.1 Å². The third kappa shape index (κ3) is 4.60.